The van der Waals surface area contributed by atoms with Gasteiger partial charge in [-0.3, -0.25) is 0 Å². The number of carbonyl (C=O) groups is 1. The highest BCUT2D eigenvalue weighted by Gasteiger charge is 2.11. The Hall–Kier alpha value is -0.800. The van der Waals surface area contributed by atoms with Crippen LogP contribution in [0.15, 0.2) is 24.3 Å². The molecule has 3 nitrogen and oxygen atoms in total. The van der Waals surface area contributed by atoms with Crippen LogP contribution in [-0.2, 0) is 9.53 Å². The first-order chi connectivity index (χ1) is 6.22. The molecule has 0 aliphatic rings. The molecule has 0 saturated carbocycles. The molecule has 1 atom stereocenters. The van der Waals surface area contributed by atoms with Crippen molar-refractivity contribution in [3.8, 4) is 0 Å². The second-order valence-corrected chi connectivity index (χ2v) is 2.59. The summed E-state index contributed by atoms with van der Waals surface area (Å²) in [6.07, 6.45) is 6.06. The van der Waals surface area contributed by atoms with Crippen molar-refractivity contribution in [1.82, 2.24) is 0 Å². The lowest BCUT2D eigenvalue weighted by atomic mass is 10.2. The van der Waals surface area contributed by atoms with Crippen molar-refractivity contribution in [1.29, 1.82) is 0 Å². The minimum Gasteiger partial charge on any atom is -0.467 e. The molecular weight excluding hydrogens is 192 g/mol. The van der Waals surface area contributed by atoms with E-state index in [0.29, 0.717) is 5.88 Å². The molecule has 0 rings (SSSR count). The molecule has 0 radical (unpaired) electrons. The topological polar surface area (TPSA) is 46.5 Å². The van der Waals surface area contributed by atoms with E-state index in [2.05, 4.69) is 4.74 Å². The second kappa shape index (κ2) is 7.83. The summed E-state index contributed by atoms with van der Waals surface area (Å²) >= 11 is 5.37. The van der Waals surface area contributed by atoms with E-state index in [1.165, 1.54) is 7.11 Å². The summed E-state index contributed by atoms with van der Waals surface area (Å²) in [4.78, 5) is 10.7. The maximum absolute atomic E-state index is 10.7. The van der Waals surface area contributed by atoms with Crippen molar-refractivity contribution in [2.75, 3.05) is 13.0 Å². The molecule has 74 valence electrons. The fourth-order valence-corrected chi connectivity index (χ4v) is 0.751. The summed E-state index contributed by atoms with van der Waals surface area (Å²) in [7, 11) is 1.24. The molecule has 0 unspecified atom stereocenters. The van der Waals surface area contributed by atoms with E-state index in [4.69, 9.17) is 16.7 Å². The second-order valence-electron chi connectivity index (χ2n) is 2.29. The fourth-order valence-electron chi connectivity index (χ4n) is 0.648. The summed E-state index contributed by atoms with van der Waals surface area (Å²) < 4.78 is 4.33. The van der Waals surface area contributed by atoms with Gasteiger partial charge in [0.25, 0.3) is 0 Å². The van der Waals surface area contributed by atoms with E-state index >= 15 is 0 Å². The fraction of sp³-hybridized carbons (Fsp3) is 0.444. The first kappa shape index (κ1) is 12.2. The van der Waals surface area contributed by atoms with E-state index in [1.54, 1.807) is 24.3 Å². The van der Waals surface area contributed by atoms with Crippen molar-refractivity contribution in [2.24, 2.45) is 0 Å². The molecule has 0 heterocycles. The number of alkyl halides is 1. The van der Waals surface area contributed by atoms with Crippen molar-refractivity contribution in [3.05, 3.63) is 24.3 Å². The van der Waals surface area contributed by atoms with Crippen LogP contribution in [0.4, 0.5) is 0 Å². The van der Waals surface area contributed by atoms with E-state index < -0.39 is 12.1 Å². The molecule has 1 N–H and O–H groups in total. The van der Waals surface area contributed by atoms with Gasteiger partial charge in [-0.25, -0.2) is 4.79 Å². The van der Waals surface area contributed by atoms with Crippen molar-refractivity contribution >= 4 is 17.6 Å². The summed E-state index contributed by atoms with van der Waals surface area (Å²) in [5.41, 5.74) is 0. The number of esters is 1. The predicted octanol–water partition coefficient (Wildman–Crippen LogP) is 1.26. The summed E-state index contributed by atoms with van der Waals surface area (Å²) in [5, 5.41) is 9.10. The first-order valence-electron chi connectivity index (χ1n) is 3.86. The van der Waals surface area contributed by atoms with Gasteiger partial charge in [0.15, 0.2) is 6.10 Å². The van der Waals surface area contributed by atoms with Gasteiger partial charge in [-0.15, -0.1) is 11.6 Å². The van der Waals surface area contributed by atoms with Crippen molar-refractivity contribution < 1.29 is 14.6 Å². The average Bonchev–Trinajstić information content (AvgIpc) is 2.16. The third kappa shape index (κ3) is 6.37. The molecule has 0 bridgehead atoms. The Bertz CT molecular complexity index is 199. The third-order valence-electron chi connectivity index (χ3n) is 1.30. The monoisotopic (exact) mass is 204 g/mol. The van der Waals surface area contributed by atoms with Gasteiger partial charge in [-0.1, -0.05) is 24.3 Å². The van der Waals surface area contributed by atoms with Crippen LogP contribution in [0, 0.1) is 0 Å². The highest BCUT2D eigenvalue weighted by Crippen LogP contribution is 1.95. The highest BCUT2D eigenvalue weighted by molar-refractivity contribution is 6.18. The molecule has 0 aromatic heterocycles. The van der Waals surface area contributed by atoms with Crippen LogP contribution in [0.3, 0.4) is 0 Å². The zero-order valence-electron chi connectivity index (χ0n) is 7.44. The number of hydrogen-bond acceptors (Lipinski definition) is 3. The van der Waals surface area contributed by atoms with Crippen LogP contribution in [0.5, 0.6) is 0 Å². The zero-order chi connectivity index (χ0) is 10.1. The van der Waals surface area contributed by atoms with Gasteiger partial charge in [0.2, 0.25) is 0 Å². The lowest BCUT2D eigenvalue weighted by molar-refractivity contribution is -0.150. The van der Waals surface area contributed by atoms with Crippen molar-refractivity contribution in [3.63, 3.8) is 0 Å². The smallest absolute Gasteiger partial charge is 0.335 e. The first-order valence-corrected chi connectivity index (χ1v) is 4.39. The van der Waals surface area contributed by atoms with Gasteiger partial charge in [0, 0.05) is 12.3 Å². The number of aliphatic hydroxyl groups is 1. The average molecular weight is 205 g/mol. The Morgan fingerprint density at radius 3 is 2.69 bits per heavy atom. The summed E-state index contributed by atoms with van der Waals surface area (Å²) in [6.45, 7) is 0. The van der Waals surface area contributed by atoms with E-state index in [9.17, 15) is 4.79 Å². The maximum Gasteiger partial charge on any atom is 0.335 e. The minimum absolute atomic E-state index is 0.249. The van der Waals surface area contributed by atoms with Crippen LogP contribution in [-0.4, -0.2) is 30.2 Å². The lowest BCUT2D eigenvalue weighted by Gasteiger charge is -2.03. The molecular formula is C9H13ClO3. The number of halogens is 1. The van der Waals surface area contributed by atoms with Gasteiger partial charge < -0.3 is 9.84 Å². The molecule has 0 aromatic carbocycles. The number of allylic oxidation sites excluding steroid dienone is 3. The van der Waals surface area contributed by atoms with Crippen molar-refractivity contribution in [2.45, 2.75) is 12.5 Å². The third-order valence-corrected chi connectivity index (χ3v) is 1.48. The molecule has 0 aliphatic carbocycles. The Morgan fingerprint density at radius 2 is 2.15 bits per heavy atom. The Morgan fingerprint density at radius 1 is 1.54 bits per heavy atom. The largest absolute Gasteiger partial charge is 0.467 e. The van der Waals surface area contributed by atoms with Crippen LogP contribution < -0.4 is 0 Å². The summed E-state index contributed by atoms with van der Waals surface area (Å²) in [5.74, 6) is -0.171. The Kier molecular flexibility index (Phi) is 7.35. The Labute approximate surface area is 82.7 Å². The Balaban J connectivity index is 3.68. The van der Waals surface area contributed by atoms with Gasteiger partial charge in [-0.2, -0.15) is 0 Å². The molecule has 0 aliphatic heterocycles. The van der Waals surface area contributed by atoms with Gasteiger partial charge in [0.1, 0.15) is 0 Å². The van der Waals surface area contributed by atoms with Crippen LogP contribution in [0.25, 0.3) is 0 Å². The molecule has 0 fully saturated rings. The van der Waals surface area contributed by atoms with E-state index in [-0.39, 0.29) is 6.42 Å². The number of aliphatic hydroxyl groups excluding tert-OH is 1. The molecule has 0 amide bonds. The van der Waals surface area contributed by atoms with Gasteiger partial charge in [0.05, 0.1) is 7.11 Å². The van der Waals surface area contributed by atoms with Gasteiger partial charge >= 0.3 is 5.97 Å². The van der Waals surface area contributed by atoms with Gasteiger partial charge in [-0.05, 0) is 0 Å². The SMILES string of the molecule is COC(=O)[C@@H](O)C/C=C\C=C/CCl. The summed E-state index contributed by atoms with van der Waals surface area (Å²) in [6, 6.07) is 0. The molecule has 0 aromatic rings. The lowest BCUT2D eigenvalue weighted by Crippen LogP contribution is -2.20. The number of methoxy groups -OCH3 is 1. The number of rotatable bonds is 5. The predicted molar refractivity (Wildman–Crippen MR) is 51.6 cm³/mol. The molecule has 4 heteroatoms. The standard InChI is InChI=1S/C9H13ClO3/c1-13-9(12)8(11)6-4-2-3-5-7-10/h2-5,8,11H,6-7H2,1H3/b4-2-,5-3-/t8-/m0/s1. The zero-order valence-corrected chi connectivity index (χ0v) is 8.20. The van der Waals surface area contributed by atoms with Crippen LogP contribution in [0.1, 0.15) is 6.42 Å². The number of carbonyl (C=O) groups excluding carboxylic acids is 1. The normalized spacial score (nSPS) is 13.8. The minimum atomic E-state index is -1.08. The quantitative estimate of drug-likeness (QED) is 0.417. The van der Waals surface area contributed by atoms with E-state index in [1.807, 2.05) is 0 Å². The van der Waals surface area contributed by atoms with Crippen LogP contribution >= 0.6 is 11.6 Å². The maximum atomic E-state index is 10.7. The molecule has 0 saturated heterocycles. The number of ether oxygens (including phenoxy) is 1. The molecule has 13 heavy (non-hydrogen) atoms. The van der Waals surface area contributed by atoms with E-state index in [0.717, 1.165) is 0 Å². The van der Waals surface area contributed by atoms with Crippen LogP contribution in [0.2, 0.25) is 0 Å². The molecule has 0 spiro atoms. The number of hydrogen-bond donors (Lipinski definition) is 1. The highest BCUT2D eigenvalue weighted by atomic mass is 35.5.